The molecule has 0 radical (unpaired) electrons. The fourth-order valence-electron chi connectivity index (χ4n) is 8.79. The minimum absolute atomic E-state index is 0.0118. The zero-order valence-electron chi connectivity index (χ0n) is 26.9. The first-order valence-electron chi connectivity index (χ1n) is 17.1. The van der Waals surface area contributed by atoms with Gasteiger partial charge in [-0.15, -0.1) is 0 Å². The number of carbonyl (C=O) groups is 1. The number of aromatic nitrogens is 3. The summed E-state index contributed by atoms with van der Waals surface area (Å²) in [4.78, 5) is 30.8. The van der Waals surface area contributed by atoms with Crippen molar-refractivity contribution in [2.24, 2.45) is 11.8 Å². The first-order chi connectivity index (χ1) is 23.2. The summed E-state index contributed by atoms with van der Waals surface area (Å²) in [6, 6.07) is 5.82. The van der Waals surface area contributed by atoms with Crippen LogP contribution < -0.4 is 15.0 Å². The molecule has 4 aliphatic heterocycles. The van der Waals surface area contributed by atoms with Gasteiger partial charge in [-0.3, -0.25) is 14.7 Å². The van der Waals surface area contributed by atoms with E-state index < -0.39 is 23.3 Å². The summed E-state index contributed by atoms with van der Waals surface area (Å²) in [6.07, 6.45) is 5.59. The van der Waals surface area contributed by atoms with Gasteiger partial charge in [0.25, 0.3) is 0 Å². The monoisotopic (exact) mass is 660 g/mol. The third-order valence-electron chi connectivity index (χ3n) is 11.1. The maximum atomic E-state index is 16.9. The van der Waals surface area contributed by atoms with E-state index in [1.54, 1.807) is 6.07 Å². The van der Waals surface area contributed by atoms with Crippen LogP contribution in [0.1, 0.15) is 51.0 Å². The molecule has 9 nitrogen and oxygen atoms in total. The van der Waals surface area contributed by atoms with Crippen LogP contribution in [0.4, 0.5) is 19.0 Å². The number of phenolic OH excluding ortho intramolecular Hbond substituents is 1. The summed E-state index contributed by atoms with van der Waals surface area (Å²) < 4.78 is 52.8. The van der Waals surface area contributed by atoms with Crippen LogP contribution in [0, 0.1) is 23.5 Å². The number of alkyl halides is 1. The lowest BCUT2D eigenvalue weighted by atomic mass is 9.84. The normalized spacial score (nSPS) is 26.0. The molecule has 4 fully saturated rings. The molecule has 0 bridgehead atoms. The molecule has 0 saturated carbocycles. The molecular weight excluding hydrogens is 621 g/mol. The van der Waals surface area contributed by atoms with Crippen LogP contribution in [0.2, 0.25) is 0 Å². The number of piperidine rings is 1. The Balaban J connectivity index is 1.25. The number of carbonyl (C=O) groups excluding carboxylic acids is 1. The van der Waals surface area contributed by atoms with Crippen molar-refractivity contribution in [3.05, 3.63) is 47.7 Å². The molecule has 2 aromatic carbocycles. The number of pyridine rings is 1. The number of halogens is 3. The van der Waals surface area contributed by atoms with E-state index in [-0.39, 0.29) is 52.9 Å². The number of amides is 1. The second-order valence-electron chi connectivity index (χ2n) is 13.9. The molecule has 6 heterocycles. The zero-order chi connectivity index (χ0) is 33.2. The van der Waals surface area contributed by atoms with Gasteiger partial charge in [-0.05, 0) is 85.5 Å². The van der Waals surface area contributed by atoms with Gasteiger partial charge in [-0.25, -0.2) is 13.2 Å². The fourth-order valence-corrected chi connectivity index (χ4v) is 8.79. The van der Waals surface area contributed by atoms with Crippen molar-refractivity contribution in [3.8, 4) is 23.0 Å². The van der Waals surface area contributed by atoms with Crippen LogP contribution in [0.25, 0.3) is 32.9 Å². The van der Waals surface area contributed by atoms with E-state index in [1.165, 1.54) is 24.4 Å². The zero-order valence-corrected chi connectivity index (χ0v) is 26.9. The van der Waals surface area contributed by atoms with Gasteiger partial charge in [0.15, 0.2) is 5.82 Å². The number of anilines is 1. The molecule has 252 valence electrons. The maximum absolute atomic E-state index is 16.9. The Hall–Kier alpha value is -4.19. The summed E-state index contributed by atoms with van der Waals surface area (Å²) in [6.45, 7) is 5.06. The number of nitrogens with zero attached hydrogens (tertiary/aromatic N) is 5. The van der Waals surface area contributed by atoms with Crippen LogP contribution in [0.5, 0.6) is 11.8 Å². The molecule has 12 heteroatoms. The standard InChI is InChI=1S/C36H39F3N6O3/c1-2-24-28(38)7-6-20-13-23(46)14-26(29(20)24)31-30(39)32-27(16-41-31)33(44-11-3-5-21(17-44)25-8-10-40-34(25)47)43-35(42-32)48-19-36-9-4-12-45(36)18-22(37)15-36/h6-7,13-14,16,21-22,25,46H,2-5,8-12,15,17-19H2,1H3,(H,40,47)/t21?,22-,25?,36+/m1/s1. The van der Waals surface area contributed by atoms with Gasteiger partial charge in [0, 0.05) is 50.3 Å². The highest BCUT2D eigenvalue weighted by atomic mass is 19.1. The Morgan fingerprint density at radius 3 is 2.81 bits per heavy atom. The highest BCUT2D eigenvalue weighted by Gasteiger charge is 2.49. The molecule has 48 heavy (non-hydrogen) atoms. The van der Waals surface area contributed by atoms with Crippen molar-refractivity contribution >= 4 is 33.4 Å². The summed E-state index contributed by atoms with van der Waals surface area (Å²) in [5, 5.41) is 15.0. The molecule has 4 aromatic rings. The van der Waals surface area contributed by atoms with Gasteiger partial charge in [-0.2, -0.15) is 9.97 Å². The summed E-state index contributed by atoms with van der Waals surface area (Å²) in [5.74, 6) is -0.704. The average Bonchev–Trinajstić information content (AvgIpc) is 3.77. The third kappa shape index (κ3) is 5.19. The molecule has 0 spiro atoms. The van der Waals surface area contributed by atoms with E-state index in [0.29, 0.717) is 66.6 Å². The second kappa shape index (κ2) is 12.0. The van der Waals surface area contributed by atoms with Crippen molar-refractivity contribution in [2.45, 2.75) is 63.6 Å². The fraction of sp³-hybridized carbons (Fsp3) is 0.500. The molecule has 4 saturated heterocycles. The van der Waals surface area contributed by atoms with Crippen LogP contribution in [-0.2, 0) is 11.2 Å². The van der Waals surface area contributed by atoms with Gasteiger partial charge in [-0.1, -0.05) is 13.0 Å². The molecular formula is C36H39F3N6O3. The van der Waals surface area contributed by atoms with Crippen LogP contribution in [-0.4, -0.2) is 81.9 Å². The van der Waals surface area contributed by atoms with E-state index >= 15 is 8.78 Å². The van der Waals surface area contributed by atoms with Crippen molar-refractivity contribution < 1.29 is 27.8 Å². The van der Waals surface area contributed by atoms with Gasteiger partial charge < -0.3 is 20.1 Å². The van der Waals surface area contributed by atoms with E-state index in [4.69, 9.17) is 9.72 Å². The smallest absolute Gasteiger partial charge is 0.319 e. The summed E-state index contributed by atoms with van der Waals surface area (Å²) in [7, 11) is 0. The lowest BCUT2D eigenvalue weighted by Gasteiger charge is -2.36. The summed E-state index contributed by atoms with van der Waals surface area (Å²) >= 11 is 0. The second-order valence-corrected chi connectivity index (χ2v) is 13.9. The number of nitrogens with one attached hydrogen (secondary N) is 1. The molecule has 4 atom stereocenters. The lowest BCUT2D eigenvalue weighted by Crippen LogP contribution is -2.43. The number of phenols is 1. The highest BCUT2D eigenvalue weighted by molar-refractivity contribution is 6.01. The van der Waals surface area contributed by atoms with Gasteiger partial charge in [0.2, 0.25) is 5.91 Å². The van der Waals surface area contributed by atoms with Crippen molar-refractivity contribution in [1.29, 1.82) is 0 Å². The largest absolute Gasteiger partial charge is 0.508 e. The van der Waals surface area contributed by atoms with Crippen molar-refractivity contribution in [2.75, 3.05) is 44.2 Å². The predicted molar refractivity (Wildman–Crippen MR) is 176 cm³/mol. The van der Waals surface area contributed by atoms with E-state index in [1.807, 2.05) is 6.92 Å². The number of rotatable bonds is 7. The number of hydrogen-bond donors (Lipinski definition) is 2. The number of benzene rings is 2. The molecule has 0 aliphatic carbocycles. The quantitative estimate of drug-likeness (QED) is 0.261. The molecule has 2 N–H and O–H groups in total. The Kier molecular flexibility index (Phi) is 7.81. The molecule has 2 unspecified atom stereocenters. The molecule has 1 amide bonds. The Labute approximate surface area is 276 Å². The average molecular weight is 661 g/mol. The van der Waals surface area contributed by atoms with Gasteiger partial charge >= 0.3 is 6.01 Å². The van der Waals surface area contributed by atoms with E-state index in [9.17, 15) is 14.3 Å². The molecule has 2 aromatic heterocycles. The minimum Gasteiger partial charge on any atom is -0.508 e. The predicted octanol–water partition coefficient (Wildman–Crippen LogP) is 5.70. The Morgan fingerprint density at radius 2 is 2.00 bits per heavy atom. The number of ether oxygens (including phenoxy) is 1. The number of aryl methyl sites for hydroxylation is 1. The SMILES string of the molecule is CCc1c(F)ccc2cc(O)cc(-c3ncc4c(N5CCCC(C6CCNC6=O)C5)nc(OC[C@@]56CCCN5C[C@H](F)C6)nc4c3F)c12. The van der Waals surface area contributed by atoms with Gasteiger partial charge in [0.1, 0.15) is 41.4 Å². The number of fused-ring (bicyclic) bond motifs is 3. The topological polar surface area (TPSA) is 104 Å². The Bertz CT molecular complexity index is 1930. The van der Waals surface area contributed by atoms with Crippen LogP contribution in [0.3, 0.4) is 0 Å². The lowest BCUT2D eigenvalue weighted by molar-refractivity contribution is -0.123. The van der Waals surface area contributed by atoms with Crippen LogP contribution in [0.15, 0.2) is 30.5 Å². The number of hydrogen-bond acceptors (Lipinski definition) is 8. The highest BCUT2D eigenvalue weighted by Crippen LogP contribution is 2.42. The van der Waals surface area contributed by atoms with Gasteiger partial charge in [0.05, 0.1) is 10.9 Å². The molecule has 8 rings (SSSR count). The van der Waals surface area contributed by atoms with E-state index in [0.717, 1.165) is 38.6 Å². The minimum atomic E-state index is -0.930. The van der Waals surface area contributed by atoms with Crippen LogP contribution >= 0.6 is 0 Å². The maximum Gasteiger partial charge on any atom is 0.319 e. The first kappa shape index (κ1) is 31.1. The number of aromatic hydroxyl groups is 1. The first-order valence-corrected chi connectivity index (χ1v) is 17.1. The molecule has 4 aliphatic rings. The summed E-state index contributed by atoms with van der Waals surface area (Å²) in [5.41, 5.74) is 0.119. The third-order valence-corrected chi connectivity index (χ3v) is 11.1. The van der Waals surface area contributed by atoms with Crippen molar-refractivity contribution in [3.63, 3.8) is 0 Å². The Morgan fingerprint density at radius 1 is 1.12 bits per heavy atom. The van der Waals surface area contributed by atoms with Crippen molar-refractivity contribution in [1.82, 2.24) is 25.2 Å². The van der Waals surface area contributed by atoms with E-state index in [2.05, 4.69) is 25.1 Å².